The Morgan fingerprint density at radius 1 is 1.41 bits per heavy atom. The lowest BCUT2D eigenvalue weighted by Gasteiger charge is -2.13. The van der Waals surface area contributed by atoms with Crippen molar-refractivity contribution < 1.29 is 14.3 Å². The normalized spacial score (nSPS) is 11.8. The van der Waals surface area contributed by atoms with Gasteiger partial charge >= 0.3 is 5.97 Å². The first-order valence-corrected chi connectivity index (χ1v) is 7.89. The molecule has 0 fully saturated rings. The van der Waals surface area contributed by atoms with Gasteiger partial charge in [0, 0.05) is 6.20 Å². The first-order chi connectivity index (χ1) is 10.4. The third-order valence-corrected chi connectivity index (χ3v) is 4.24. The summed E-state index contributed by atoms with van der Waals surface area (Å²) in [5, 5.41) is 4.83. The van der Waals surface area contributed by atoms with E-state index in [9.17, 15) is 9.59 Å². The number of amides is 1. The molecule has 1 N–H and O–H groups in total. The Morgan fingerprint density at radius 3 is 2.73 bits per heavy atom. The second-order valence-electron chi connectivity index (χ2n) is 4.45. The maximum Gasteiger partial charge on any atom is 0.349 e. The largest absolute Gasteiger partial charge is 0.448 e. The minimum Gasteiger partial charge on any atom is -0.448 e. The molecule has 2 heterocycles. The van der Waals surface area contributed by atoms with Crippen LogP contribution in [0.15, 0.2) is 23.7 Å². The van der Waals surface area contributed by atoms with Crippen molar-refractivity contribution >= 4 is 52.2 Å². The maximum atomic E-state index is 12.0. The molecule has 2 aromatic rings. The van der Waals surface area contributed by atoms with Crippen molar-refractivity contribution in [2.24, 2.45) is 0 Å². The Hall–Kier alpha value is -1.63. The second kappa shape index (κ2) is 7.09. The summed E-state index contributed by atoms with van der Waals surface area (Å²) in [5.74, 6) is -0.907. The number of anilines is 1. The lowest BCUT2D eigenvalue weighted by molar-refractivity contribution is -0.123. The van der Waals surface area contributed by atoms with E-state index in [1.807, 2.05) is 6.07 Å². The van der Waals surface area contributed by atoms with E-state index in [-0.39, 0.29) is 10.8 Å². The molecule has 0 aliphatic heterocycles. The number of nitrogens with zero attached hydrogens (tertiary/aromatic N) is 1. The number of ether oxygens (including phenoxy) is 1. The summed E-state index contributed by atoms with van der Waals surface area (Å²) in [7, 11) is 0. The van der Waals surface area contributed by atoms with E-state index in [0.717, 1.165) is 5.56 Å². The fraction of sp³-hybridized carbons (Fsp3) is 0.214. The van der Waals surface area contributed by atoms with Crippen LogP contribution in [0.2, 0.25) is 10.0 Å². The number of hydrogen-bond acceptors (Lipinski definition) is 5. The van der Waals surface area contributed by atoms with E-state index < -0.39 is 18.0 Å². The Bertz CT molecular complexity index is 718. The van der Waals surface area contributed by atoms with Gasteiger partial charge in [0.05, 0.1) is 10.0 Å². The Balaban J connectivity index is 2.00. The van der Waals surface area contributed by atoms with Gasteiger partial charge in [-0.2, -0.15) is 0 Å². The van der Waals surface area contributed by atoms with Gasteiger partial charge in [-0.15, -0.1) is 11.3 Å². The summed E-state index contributed by atoms with van der Waals surface area (Å²) < 4.78 is 5.14. The van der Waals surface area contributed by atoms with Crippen molar-refractivity contribution in [1.82, 2.24) is 4.98 Å². The topological polar surface area (TPSA) is 68.3 Å². The number of rotatable bonds is 4. The number of pyridine rings is 1. The summed E-state index contributed by atoms with van der Waals surface area (Å²) in [4.78, 5) is 28.4. The van der Waals surface area contributed by atoms with E-state index in [4.69, 9.17) is 27.9 Å². The number of thiophene rings is 1. The molecule has 0 spiro atoms. The van der Waals surface area contributed by atoms with Crippen LogP contribution in [0.25, 0.3) is 0 Å². The molecule has 0 saturated heterocycles. The number of halogens is 2. The molecule has 5 nitrogen and oxygen atoms in total. The standard InChI is InChI=1S/C14H12Cl2N2O3S/c1-7-3-4-22-11(7)14(20)21-8(2)13(19)18-12-10(16)5-9(15)6-17-12/h3-6,8H,1-2H3,(H,17,18,19). The van der Waals surface area contributed by atoms with Gasteiger partial charge in [-0.3, -0.25) is 4.79 Å². The van der Waals surface area contributed by atoms with Crippen LogP contribution in [0, 0.1) is 6.92 Å². The van der Waals surface area contributed by atoms with Crippen LogP contribution in [-0.2, 0) is 9.53 Å². The van der Waals surface area contributed by atoms with Crippen LogP contribution in [0.1, 0.15) is 22.2 Å². The highest BCUT2D eigenvalue weighted by Gasteiger charge is 2.21. The van der Waals surface area contributed by atoms with E-state index in [1.54, 1.807) is 12.3 Å². The summed E-state index contributed by atoms with van der Waals surface area (Å²) >= 11 is 12.9. The fourth-order valence-corrected chi connectivity index (χ4v) is 2.81. The quantitative estimate of drug-likeness (QED) is 0.840. The number of hydrogen-bond donors (Lipinski definition) is 1. The lowest BCUT2D eigenvalue weighted by atomic mass is 10.3. The van der Waals surface area contributed by atoms with Crippen LogP contribution >= 0.6 is 34.5 Å². The molecule has 0 aliphatic carbocycles. The monoisotopic (exact) mass is 358 g/mol. The molecule has 8 heteroatoms. The molecule has 1 unspecified atom stereocenters. The highest BCUT2D eigenvalue weighted by Crippen LogP contribution is 2.23. The summed E-state index contributed by atoms with van der Waals surface area (Å²) in [6.07, 6.45) is 0.372. The smallest absolute Gasteiger partial charge is 0.349 e. The highest BCUT2D eigenvalue weighted by molar-refractivity contribution is 7.12. The van der Waals surface area contributed by atoms with Crippen LogP contribution in [0.3, 0.4) is 0 Å². The number of carbonyl (C=O) groups is 2. The predicted octanol–water partition coefficient (Wildman–Crippen LogP) is 3.94. The molecule has 1 amide bonds. The van der Waals surface area contributed by atoms with Gasteiger partial charge in [0.25, 0.3) is 5.91 Å². The average molecular weight is 359 g/mol. The van der Waals surface area contributed by atoms with Crippen molar-refractivity contribution in [2.45, 2.75) is 20.0 Å². The van der Waals surface area contributed by atoms with Gasteiger partial charge in [0.2, 0.25) is 0 Å². The molecule has 0 bridgehead atoms. The zero-order valence-electron chi connectivity index (χ0n) is 11.7. The Morgan fingerprint density at radius 2 is 2.14 bits per heavy atom. The maximum absolute atomic E-state index is 12.0. The predicted molar refractivity (Wildman–Crippen MR) is 86.8 cm³/mol. The zero-order chi connectivity index (χ0) is 16.3. The molecule has 0 radical (unpaired) electrons. The van der Waals surface area contributed by atoms with Crippen molar-refractivity contribution in [1.29, 1.82) is 0 Å². The fourth-order valence-electron chi connectivity index (χ4n) is 1.57. The first kappa shape index (κ1) is 16.7. The van der Waals surface area contributed by atoms with Gasteiger partial charge in [0.15, 0.2) is 11.9 Å². The van der Waals surface area contributed by atoms with E-state index in [0.29, 0.717) is 9.90 Å². The lowest BCUT2D eigenvalue weighted by Crippen LogP contribution is -2.30. The number of aromatic nitrogens is 1. The van der Waals surface area contributed by atoms with Crippen LogP contribution in [0.4, 0.5) is 5.82 Å². The number of carbonyl (C=O) groups excluding carboxylic acids is 2. The SMILES string of the molecule is Cc1ccsc1C(=O)OC(C)C(=O)Nc1ncc(Cl)cc1Cl. The van der Waals surface area contributed by atoms with E-state index in [2.05, 4.69) is 10.3 Å². The van der Waals surface area contributed by atoms with Crippen molar-refractivity contribution in [3.63, 3.8) is 0 Å². The molecule has 0 saturated carbocycles. The number of nitrogens with one attached hydrogen (secondary N) is 1. The molecule has 1 atom stereocenters. The third kappa shape index (κ3) is 3.97. The summed E-state index contributed by atoms with van der Waals surface area (Å²) in [6.45, 7) is 3.27. The van der Waals surface area contributed by atoms with Gasteiger partial charge in [0.1, 0.15) is 4.88 Å². The molecular formula is C14H12Cl2N2O3S. The molecule has 2 rings (SSSR count). The first-order valence-electron chi connectivity index (χ1n) is 6.25. The van der Waals surface area contributed by atoms with Crippen LogP contribution < -0.4 is 5.32 Å². The Labute approximate surface area is 141 Å². The van der Waals surface area contributed by atoms with Crippen LogP contribution in [0.5, 0.6) is 0 Å². The molecular weight excluding hydrogens is 347 g/mol. The molecule has 116 valence electrons. The molecule has 22 heavy (non-hydrogen) atoms. The minimum absolute atomic E-state index is 0.159. The van der Waals surface area contributed by atoms with Gasteiger partial charge < -0.3 is 10.1 Å². The Kier molecular flexibility index (Phi) is 5.39. The van der Waals surface area contributed by atoms with Gasteiger partial charge in [-0.1, -0.05) is 23.2 Å². The van der Waals surface area contributed by atoms with Gasteiger partial charge in [-0.05, 0) is 36.9 Å². The third-order valence-electron chi connectivity index (χ3n) is 2.75. The average Bonchev–Trinajstić information content (AvgIpc) is 2.88. The van der Waals surface area contributed by atoms with Crippen LogP contribution in [-0.4, -0.2) is 23.0 Å². The van der Waals surface area contributed by atoms with E-state index >= 15 is 0 Å². The summed E-state index contributed by atoms with van der Waals surface area (Å²) in [5.41, 5.74) is 0.810. The van der Waals surface area contributed by atoms with Gasteiger partial charge in [-0.25, -0.2) is 9.78 Å². The zero-order valence-corrected chi connectivity index (χ0v) is 14.1. The van der Waals surface area contributed by atoms with Crippen molar-refractivity contribution in [3.8, 4) is 0 Å². The summed E-state index contributed by atoms with van der Waals surface area (Å²) in [6, 6.07) is 3.26. The second-order valence-corrected chi connectivity index (χ2v) is 6.21. The van der Waals surface area contributed by atoms with Crippen molar-refractivity contribution in [2.75, 3.05) is 5.32 Å². The number of aryl methyl sites for hydroxylation is 1. The molecule has 0 aromatic carbocycles. The van der Waals surface area contributed by atoms with E-state index in [1.165, 1.54) is 30.5 Å². The van der Waals surface area contributed by atoms with Crippen molar-refractivity contribution in [3.05, 3.63) is 44.2 Å². The molecule has 2 aromatic heterocycles. The highest BCUT2D eigenvalue weighted by atomic mass is 35.5. The molecule has 0 aliphatic rings. The minimum atomic E-state index is -0.984. The number of esters is 1.